The van der Waals surface area contributed by atoms with Crippen LogP contribution in [0.3, 0.4) is 0 Å². The van der Waals surface area contributed by atoms with Crippen molar-refractivity contribution in [2.75, 3.05) is 45.9 Å². The zero-order valence-electron chi connectivity index (χ0n) is 13.9. The van der Waals surface area contributed by atoms with E-state index in [1.165, 1.54) is 45.3 Å². The lowest BCUT2D eigenvalue weighted by Crippen LogP contribution is -2.50. The minimum Gasteiger partial charge on any atom is -0.379 e. The highest BCUT2D eigenvalue weighted by Crippen LogP contribution is 2.38. The van der Waals surface area contributed by atoms with Crippen LogP contribution in [-0.2, 0) is 4.74 Å². The van der Waals surface area contributed by atoms with Gasteiger partial charge in [0.2, 0.25) is 0 Å². The van der Waals surface area contributed by atoms with Gasteiger partial charge in [-0.25, -0.2) is 0 Å². The van der Waals surface area contributed by atoms with Gasteiger partial charge in [-0.15, -0.1) is 0 Å². The summed E-state index contributed by atoms with van der Waals surface area (Å²) < 4.78 is 5.47. The summed E-state index contributed by atoms with van der Waals surface area (Å²) in [5.74, 6) is 0.692. The van der Waals surface area contributed by atoms with Crippen molar-refractivity contribution in [2.45, 2.75) is 51.6 Å². The summed E-state index contributed by atoms with van der Waals surface area (Å²) in [6.07, 6.45) is 5.29. The number of nitrogens with zero attached hydrogens (tertiary/aromatic N) is 2. The fourth-order valence-electron chi connectivity index (χ4n) is 4.56. The quantitative estimate of drug-likeness (QED) is 0.858. The minimum atomic E-state index is 0.326. The topological polar surface area (TPSA) is 41.7 Å². The number of hydrogen-bond acceptors (Lipinski definition) is 4. The Labute approximate surface area is 130 Å². The van der Waals surface area contributed by atoms with Crippen LogP contribution in [0.15, 0.2) is 0 Å². The molecule has 21 heavy (non-hydrogen) atoms. The highest BCUT2D eigenvalue weighted by molar-refractivity contribution is 4.94. The van der Waals surface area contributed by atoms with Crippen molar-refractivity contribution >= 4 is 0 Å². The van der Waals surface area contributed by atoms with Crippen LogP contribution >= 0.6 is 0 Å². The number of nitrogens with two attached hydrogens (primary N) is 1. The van der Waals surface area contributed by atoms with Crippen molar-refractivity contribution in [3.63, 3.8) is 0 Å². The molecule has 0 radical (unpaired) electrons. The fraction of sp³-hybridized carbons (Fsp3) is 1.00. The first-order chi connectivity index (χ1) is 10.1. The molecule has 0 aromatic rings. The molecule has 0 amide bonds. The molecule has 3 unspecified atom stereocenters. The van der Waals surface area contributed by atoms with E-state index in [2.05, 4.69) is 23.6 Å². The predicted octanol–water partition coefficient (Wildman–Crippen LogP) is 1.55. The molecule has 3 atom stereocenters. The summed E-state index contributed by atoms with van der Waals surface area (Å²) in [4.78, 5) is 5.31. The Morgan fingerprint density at radius 2 is 1.90 bits per heavy atom. The number of likely N-dealkylation sites (tertiary alicyclic amines) is 1. The van der Waals surface area contributed by atoms with E-state index in [9.17, 15) is 0 Å². The van der Waals surface area contributed by atoms with E-state index in [0.29, 0.717) is 17.4 Å². The molecule has 2 aliphatic heterocycles. The summed E-state index contributed by atoms with van der Waals surface area (Å²) in [5.41, 5.74) is 6.88. The van der Waals surface area contributed by atoms with Gasteiger partial charge < -0.3 is 15.4 Å². The standard InChI is InChI=1S/C17H33N3O/c1-17(2)6-3-4-14(16(17)18)12-19-7-5-15(13-19)20-8-10-21-11-9-20/h14-16H,3-13,18H2,1-2H3. The monoisotopic (exact) mass is 295 g/mol. The van der Waals surface area contributed by atoms with Crippen molar-refractivity contribution in [3.8, 4) is 0 Å². The third-order valence-corrected chi connectivity index (χ3v) is 6.11. The van der Waals surface area contributed by atoms with E-state index in [1.807, 2.05) is 0 Å². The molecule has 0 aromatic heterocycles. The van der Waals surface area contributed by atoms with Gasteiger partial charge in [0.15, 0.2) is 0 Å². The fourth-order valence-corrected chi connectivity index (χ4v) is 4.56. The number of morpholine rings is 1. The highest BCUT2D eigenvalue weighted by atomic mass is 16.5. The number of hydrogen-bond donors (Lipinski definition) is 1. The second kappa shape index (κ2) is 6.53. The van der Waals surface area contributed by atoms with Crippen molar-refractivity contribution in [1.29, 1.82) is 0 Å². The van der Waals surface area contributed by atoms with Crippen molar-refractivity contribution < 1.29 is 4.74 Å². The Kier molecular flexibility index (Phi) is 4.89. The molecule has 1 saturated carbocycles. The summed E-state index contributed by atoms with van der Waals surface area (Å²) in [5, 5.41) is 0. The maximum Gasteiger partial charge on any atom is 0.0594 e. The van der Waals surface area contributed by atoms with E-state index in [1.54, 1.807) is 0 Å². The molecule has 3 fully saturated rings. The molecule has 1 aliphatic carbocycles. The highest BCUT2D eigenvalue weighted by Gasteiger charge is 2.38. The Balaban J connectivity index is 1.50. The molecule has 0 aromatic carbocycles. The van der Waals surface area contributed by atoms with E-state index < -0.39 is 0 Å². The molecule has 2 heterocycles. The molecule has 0 bridgehead atoms. The molecule has 3 rings (SSSR count). The van der Waals surface area contributed by atoms with Crippen LogP contribution in [-0.4, -0.2) is 67.8 Å². The van der Waals surface area contributed by atoms with Gasteiger partial charge in [0.1, 0.15) is 0 Å². The van der Waals surface area contributed by atoms with Gasteiger partial charge in [0, 0.05) is 38.3 Å². The summed E-state index contributed by atoms with van der Waals surface area (Å²) in [6, 6.07) is 1.12. The van der Waals surface area contributed by atoms with Gasteiger partial charge in [0.25, 0.3) is 0 Å². The summed E-state index contributed by atoms with van der Waals surface area (Å²) >= 11 is 0. The molecule has 2 saturated heterocycles. The Morgan fingerprint density at radius 3 is 2.67 bits per heavy atom. The van der Waals surface area contributed by atoms with Crippen molar-refractivity contribution in [3.05, 3.63) is 0 Å². The first-order valence-corrected chi connectivity index (χ1v) is 8.86. The second-order valence-electron chi connectivity index (χ2n) is 8.02. The lowest BCUT2D eigenvalue weighted by Gasteiger charge is -2.43. The number of ether oxygens (including phenoxy) is 1. The average molecular weight is 295 g/mol. The van der Waals surface area contributed by atoms with Crippen LogP contribution in [0.2, 0.25) is 0 Å². The molecule has 0 spiro atoms. The second-order valence-corrected chi connectivity index (χ2v) is 8.02. The van der Waals surface area contributed by atoms with Crippen LogP contribution in [0.25, 0.3) is 0 Å². The zero-order chi connectivity index (χ0) is 14.9. The van der Waals surface area contributed by atoms with Crippen LogP contribution < -0.4 is 5.73 Å². The Bertz CT molecular complexity index is 341. The van der Waals surface area contributed by atoms with Crippen molar-refractivity contribution in [2.24, 2.45) is 17.1 Å². The first-order valence-electron chi connectivity index (χ1n) is 8.86. The average Bonchev–Trinajstić information content (AvgIpc) is 2.93. The van der Waals surface area contributed by atoms with E-state index in [0.717, 1.165) is 32.3 Å². The van der Waals surface area contributed by atoms with E-state index in [-0.39, 0.29) is 0 Å². The molecule has 3 aliphatic rings. The van der Waals surface area contributed by atoms with Crippen molar-refractivity contribution in [1.82, 2.24) is 9.80 Å². The molecular formula is C17H33N3O. The molecule has 122 valence electrons. The molecule has 4 heteroatoms. The van der Waals surface area contributed by atoms with Gasteiger partial charge in [-0.1, -0.05) is 20.3 Å². The maximum absolute atomic E-state index is 6.56. The van der Waals surface area contributed by atoms with Gasteiger partial charge in [0.05, 0.1) is 13.2 Å². The van der Waals surface area contributed by atoms with Gasteiger partial charge in [-0.2, -0.15) is 0 Å². The number of rotatable bonds is 3. The Hall–Kier alpha value is -0.160. The lowest BCUT2D eigenvalue weighted by atomic mass is 9.68. The lowest BCUT2D eigenvalue weighted by molar-refractivity contribution is 0.0176. The third kappa shape index (κ3) is 3.61. The normalized spacial score (nSPS) is 38.7. The maximum atomic E-state index is 6.56. The van der Waals surface area contributed by atoms with Crippen LogP contribution in [0.4, 0.5) is 0 Å². The van der Waals surface area contributed by atoms with E-state index >= 15 is 0 Å². The molecule has 2 N–H and O–H groups in total. The van der Waals surface area contributed by atoms with Crippen LogP contribution in [0.1, 0.15) is 39.5 Å². The Morgan fingerprint density at radius 1 is 1.14 bits per heavy atom. The van der Waals surface area contributed by atoms with Crippen LogP contribution in [0, 0.1) is 11.3 Å². The predicted molar refractivity (Wildman–Crippen MR) is 86.3 cm³/mol. The molecule has 4 nitrogen and oxygen atoms in total. The van der Waals surface area contributed by atoms with E-state index in [4.69, 9.17) is 10.5 Å². The third-order valence-electron chi connectivity index (χ3n) is 6.11. The summed E-state index contributed by atoms with van der Waals surface area (Å²) in [7, 11) is 0. The summed E-state index contributed by atoms with van der Waals surface area (Å²) in [6.45, 7) is 12.5. The van der Waals surface area contributed by atoms with Gasteiger partial charge in [-0.3, -0.25) is 4.90 Å². The largest absolute Gasteiger partial charge is 0.379 e. The zero-order valence-corrected chi connectivity index (χ0v) is 13.9. The smallest absolute Gasteiger partial charge is 0.0594 e. The van der Waals surface area contributed by atoms with Gasteiger partial charge >= 0.3 is 0 Å². The molecular weight excluding hydrogens is 262 g/mol. The first kappa shape index (κ1) is 15.7. The van der Waals surface area contributed by atoms with Crippen LogP contribution in [0.5, 0.6) is 0 Å². The SMILES string of the molecule is CC1(C)CCCC(CN2CCC(N3CCOCC3)C2)C1N. The minimum absolute atomic E-state index is 0.326. The van der Waals surface area contributed by atoms with Gasteiger partial charge in [-0.05, 0) is 37.1 Å².